The largest absolute Gasteiger partial charge is 0.375 e. The molecule has 2 aliphatic rings. The molecule has 2 fully saturated rings. The van der Waals surface area contributed by atoms with Crippen LogP contribution in [0.1, 0.15) is 22.4 Å². The lowest BCUT2D eigenvalue weighted by molar-refractivity contribution is -0.125. The fraction of sp³-hybridized carbons (Fsp3) is 0.417. The molecule has 0 unspecified atom stereocenters. The molecule has 1 atom stereocenters. The maximum Gasteiger partial charge on any atom is 0.324 e. The van der Waals surface area contributed by atoms with Gasteiger partial charge in [0.1, 0.15) is 6.33 Å². The third-order valence-corrected chi connectivity index (χ3v) is 7.64. The van der Waals surface area contributed by atoms with Gasteiger partial charge in [0.05, 0.1) is 35.2 Å². The van der Waals surface area contributed by atoms with E-state index in [4.69, 9.17) is 16.3 Å². The van der Waals surface area contributed by atoms with Crippen molar-refractivity contribution in [1.29, 1.82) is 0 Å². The molecule has 1 aromatic carbocycles. The van der Waals surface area contributed by atoms with Gasteiger partial charge in [0, 0.05) is 41.5 Å². The number of rotatable bonds is 7. The standard InChI is InChI=1S/C24H26ClN5O3S/c1-14-7-15(25)8-19(18(14)9-16-11-26-4-6-33-16)22-23-20(28-13-29-22)10-17(34-23)3-2-5-30-21(31)12-27-24(30)32/h7-8,10,13,16,26H,2-6,9,11-12H2,1H3,(H,27,32)/t16-/m0/s1. The molecule has 5 rings (SSSR count). The van der Waals surface area contributed by atoms with Gasteiger partial charge in [0.25, 0.3) is 0 Å². The van der Waals surface area contributed by atoms with E-state index in [-0.39, 0.29) is 24.6 Å². The first-order valence-corrected chi connectivity index (χ1v) is 12.6. The number of thiophene rings is 1. The Balaban J connectivity index is 1.42. The summed E-state index contributed by atoms with van der Waals surface area (Å²) >= 11 is 8.13. The van der Waals surface area contributed by atoms with Crippen LogP contribution >= 0.6 is 22.9 Å². The lowest BCUT2D eigenvalue weighted by Gasteiger charge is -2.25. The Morgan fingerprint density at radius 1 is 1.26 bits per heavy atom. The van der Waals surface area contributed by atoms with Gasteiger partial charge in [0.2, 0.25) is 5.91 Å². The van der Waals surface area contributed by atoms with Crippen LogP contribution in [0, 0.1) is 6.92 Å². The van der Waals surface area contributed by atoms with Gasteiger partial charge in [-0.25, -0.2) is 14.8 Å². The number of aromatic nitrogens is 2. The Bertz CT molecular complexity index is 1220. The van der Waals surface area contributed by atoms with Gasteiger partial charge < -0.3 is 15.4 Å². The summed E-state index contributed by atoms with van der Waals surface area (Å²) in [4.78, 5) is 35.1. The number of hydrogen-bond donors (Lipinski definition) is 2. The van der Waals surface area contributed by atoms with E-state index in [0.29, 0.717) is 24.6 Å². The lowest BCUT2D eigenvalue weighted by Crippen LogP contribution is -2.39. The summed E-state index contributed by atoms with van der Waals surface area (Å²) in [5, 5.41) is 6.63. The number of hydrogen-bond acceptors (Lipinski definition) is 7. The molecule has 0 aliphatic carbocycles. The monoisotopic (exact) mass is 499 g/mol. The number of halogens is 1. The molecule has 10 heteroatoms. The maximum absolute atomic E-state index is 11.8. The van der Waals surface area contributed by atoms with E-state index in [2.05, 4.69) is 33.6 Å². The molecule has 2 N–H and O–H groups in total. The summed E-state index contributed by atoms with van der Waals surface area (Å²) in [6, 6.07) is 5.74. The minimum Gasteiger partial charge on any atom is -0.375 e. The van der Waals surface area contributed by atoms with Gasteiger partial charge in [0.15, 0.2) is 0 Å². The number of morpholine rings is 1. The Labute approximate surface area is 206 Å². The number of benzene rings is 1. The molecule has 2 saturated heterocycles. The fourth-order valence-corrected chi connectivity index (χ4v) is 5.97. The van der Waals surface area contributed by atoms with Gasteiger partial charge in [-0.1, -0.05) is 11.6 Å². The number of nitrogens with zero attached hydrogens (tertiary/aromatic N) is 3. The van der Waals surface area contributed by atoms with Crippen LogP contribution in [0.2, 0.25) is 5.02 Å². The van der Waals surface area contributed by atoms with Crippen molar-refractivity contribution in [3.63, 3.8) is 0 Å². The smallest absolute Gasteiger partial charge is 0.324 e. The van der Waals surface area contributed by atoms with E-state index < -0.39 is 0 Å². The Morgan fingerprint density at radius 2 is 2.15 bits per heavy atom. The van der Waals surface area contributed by atoms with E-state index in [9.17, 15) is 9.59 Å². The molecule has 0 radical (unpaired) electrons. The summed E-state index contributed by atoms with van der Waals surface area (Å²) in [6.45, 7) is 4.98. The first-order chi connectivity index (χ1) is 16.5. The van der Waals surface area contributed by atoms with Gasteiger partial charge in [-0.05, 0) is 49.1 Å². The third kappa shape index (κ3) is 4.79. The van der Waals surface area contributed by atoms with Gasteiger partial charge in [-0.3, -0.25) is 9.69 Å². The molecular formula is C24H26ClN5O3S. The highest BCUT2D eigenvalue weighted by Crippen LogP contribution is 2.37. The van der Waals surface area contributed by atoms with E-state index in [0.717, 1.165) is 57.8 Å². The maximum atomic E-state index is 11.8. The van der Waals surface area contributed by atoms with Crippen LogP contribution in [0.5, 0.6) is 0 Å². The first kappa shape index (κ1) is 23.2. The van der Waals surface area contributed by atoms with Crippen molar-refractivity contribution < 1.29 is 14.3 Å². The number of nitrogens with one attached hydrogen (secondary N) is 2. The van der Waals surface area contributed by atoms with E-state index in [1.807, 2.05) is 12.1 Å². The number of ether oxygens (including phenoxy) is 1. The van der Waals surface area contributed by atoms with Gasteiger partial charge in [-0.2, -0.15) is 0 Å². The number of fused-ring (bicyclic) bond motifs is 1. The number of amides is 3. The minimum absolute atomic E-state index is 0.0873. The summed E-state index contributed by atoms with van der Waals surface area (Å²) in [7, 11) is 0. The molecule has 4 heterocycles. The zero-order valence-corrected chi connectivity index (χ0v) is 20.5. The average Bonchev–Trinajstić information content (AvgIpc) is 3.39. The number of carbonyl (C=O) groups is 2. The Kier molecular flexibility index (Phi) is 6.78. The Hall–Kier alpha value is -2.59. The summed E-state index contributed by atoms with van der Waals surface area (Å²) < 4.78 is 6.98. The molecule has 34 heavy (non-hydrogen) atoms. The van der Waals surface area contributed by atoms with E-state index in [1.54, 1.807) is 17.7 Å². The highest BCUT2D eigenvalue weighted by Gasteiger charge is 2.27. The topological polar surface area (TPSA) is 96.5 Å². The number of urea groups is 1. The predicted molar refractivity (Wildman–Crippen MR) is 132 cm³/mol. The highest BCUT2D eigenvalue weighted by molar-refractivity contribution is 7.19. The SMILES string of the molecule is Cc1cc(Cl)cc(-c2ncnc3cc(CCCN4C(=O)CNC4=O)sc23)c1C[C@H]1CNCCO1. The quantitative estimate of drug-likeness (QED) is 0.484. The summed E-state index contributed by atoms with van der Waals surface area (Å²) in [5.41, 5.74) is 5.08. The second kappa shape index (κ2) is 9.95. The molecule has 2 aliphatic heterocycles. The molecule has 178 valence electrons. The molecule has 2 aromatic heterocycles. The van der Waals surface area contributed by atoms with Gasteiger partial charge in [-0.15, -0.1) is 11.3 Å². The average molecular weight is 500 g/mol. The second-order valence-electron chi connectivity index (χ2n) is 8.61. The predicted octanol–water partition coefficient (Wildman–Crippen LogP) is 3.34. The van der Waals surface area contributed by atoms with Crippen LogP contribution in [0.15, 0.2) is 24.5 Å². The number of imide groups is 1. The van der Waals surface area contributed by atoms with E-state index >= 15 is 0 Å². The van der Waals surface area contributed by atoms with Gasteiger partial charge >= 0.3 is 6.03 Å². The van der Waals surface area contributed by atoms with Crippen LogP contribution in [0.4, 0.5) is 4.79 Å². The van der Waals surface area contributed by atoms with Crippen molar-refractivity contribution >= 4 is 45.1 Å². The third-order valence-electron chi connectivity index (χ3n) is 6.23. The molecular weight excluding hydrogens is 474 g/mol. The normalized spacial score (nSPS) is 18.6. The van der Waals surface area contributed by atoms with Crippen molar-refractivity contribution in [2.75, 3.05) is 32.8 Å². The van der Waals surface area contributed by atoms with Crippen molar-refractivity contribution in [2.24, 2.45) is 0 Å². The first-order valence-electron chi connectivity index (χ1n) is 11.4. The fourth-order valence-electron chi connectivity index (χ4n) is 4.55. The Morgan fingerprint density at radius 3 is 2.91 bits per heavy atom. The van der Waals surface area contributed by atoms with Crippen LogP contribution < -0.4 is 10.6 Å². The molecule has 8 nitrogen and oxygen atoms in total. The zero-order chi connectivity index (χ0) is 23.7. The summed E-state index contributed by atoms with van der Waals surface area (Å²) in [6.07, 6.45) is 3.93. The number of aryl methyl sites for hydroxylation is 2. The van der Waals surface area contributed by atoms with Crippen LogP contribution in [-0.2, 0) is 22.4 Å². The minimum atomic E-state index is -0.310. The highest BCUT2D eigenvalue weighted by atomic mass is 35.5. The molecule has 0 bridgehead atoms. The van der Waals surface area contributed by atoms with Crippen LogP contribution in [0.25, 0.3) is 21.5 Å². The lowest BCUT2D eigenvalue weighted by atomic mass is 9.94. The zero-order valence-electron chi connectivity index (χ0n) is 18.9. The van der Waals surface area contributed by atoms with Crippen molar-refractivity contribution in [1.82, 2.24) is 25.5 Å². The van der Waals surface area contributed by atoms with Crippen molar-refractivity contribution in [3.05, 3.63) is 45.6 Å². The summed E-state index contributed by atoms with van der Waals surface area (Å²) in [5.74, 6) is -0.171. The second-order valence-corrected chi connectivity index (χ2v) is 10.2. The van der Waals surface area contributed by atoms with Crippen molar-refractivity contribution in [2.45, 2.75) is 32.3 Å². The number of carbonyl (C=O) groups excluding carboxylic acids is 2. The molecule has 0 saturated carbocycles. The van der Waals surface area contributed by atoms with E-state index in [1.165, 1.54) is 10.5 Å². The van der Waals surface area contributed by atoms with Crippen LogP contribution in [-0.4, -0.2) is 65.7 Å². The molecule has 0 spiro atoms. The van der Waals surface area contributed by atoms with Crippen molar-refractivity contribution in [3.8, 4) is 11.3 Å². The molecule has 3 amide bonds. The molecule has 3 aromatic rings. The van der Waals surface area contributed by atoms with Crippen LogP contribution in [0.3, 0.4) is 0 Å².